The summed E-state index contributed by atoms with van der Waals surface area (Å²) in [6.07, 6.45) is -0.521. The number of hydrogen-bond acceptors (Lipinski definition) is 6. The molecule has 7 heteroatoms. The Morgan fingerprint density at radius 1 is 1.00 bits per heavy atom. The lowest BCUT2D eigenvalue weighted by atomic mass is 10.2. The third-order valence-electron chi connectivity index (χ3n) is 3.18. The van der Waals surface area contributed by atoms with Crippen molar-refractivity contribution >= 4 is 23.8 Å². The van der Waals surface area contributed by atoms with E-state index in [0.717, 1.165) is 10.5 Å². The number of rotatable bonds is 7. The van der Waals surface area contributed by atoms with Crippen molar-refractivity contribution < 1.29 is 19.1 Å². The molecular weight excluding hydrogens is 364 g/mol. The smallest absolute Gasteiger partial charge is 0.410 e. The summed E-state index contributed by atoms with van der Waals surface area (Å²) >= 11 is 1.60. The number of esters is 1. The summed E-state index contributed by atoms with van der Waals surface area (Å²) in [7, 11) is 0. The van der Waals surface area contributed by atoms with Crippen LogP contribution in [0.2, 0.25) is 0 Å². The Morgan fingerprint density at radius 3 is 2.04 bits per heavy atom. The van der Waals surface area contributed by atoms with Crippen molar-refractivity contribution in [1.29, 1.82) is 0 Å². The van der Waals surface area contributed by atoms with Crippen molar-refractivity contribution in [2.45, 2.75) is 64.2 Å². The summed E-state index contributed by atoms with van der Waals surface area (Å²) in [5.41, 5.74) is 5.44. The van der Waals surface area contributed by atoms with Crippen LogP contribution in [0.1, 0.15) is 47.1 Å². The first-order valence-corrected chi connectivity index (χ1v) is 10.00. The maximum atomic E-state index is 12.5. The number of carbonyl (C=O) groups is 2. The van der Waals surface area contributed by atoms with Gasteiger partial charge >= 0.3 is 12.1 Å². The van der Waals surface area contributed by atoms with E-state index >= 15 is 0 Å². The highest BCUT2D eigenvalue weighted by atomic mass is 32.2. The average Bonchev–Trinajstić information content (AvgIpc) is 2.51. The first-order chi connectivity index (χ1) is 12.4. The van der Waals surface area contributed by atoms with Crippen molar-refractivity contribution in [3.63, 3.8) is 0 Å². The zero-order valence-electron chi connectivity index (χ0n) is 17.2. The van der Waals surface area contributed by atoms with E-state index in [9.17, 15) is 9.59 Å². The minimum absolute atomic E-state index is 0.140. The minimum Gasteiger partial charge on any atom is -0.459 e. The van der Waals surface area contributed by atoms with Gasteiger partial charge in [0, 0.05) is 23.7 Å². The normalized spacial score (nSPS) is 11.8. The molecule has 0 radical (unpaired) electrons. The van der Waals surface area contributed by atoms with E-state index in [1.54, 1.807) is 53.3 Å². The van der Waals surface area contributed by atoms with E-state index in [4.69, 9.17) is 15.2 Å². The molecule has 0 aliphatic heterocycles. The standard InChI is InChI=1S/C20H32N2O4S/c1-19(2,3)25-17(23)14-22(18(24)26-20(4,5)6)11-12-27-16-9-7-15(13-21)8-10-16/h7-10H,11-14,21H2,1-6H3. The third-order valence-corrected chi connectivity index (χ3v) is 4.17. The molecule has 0 unspecified atom stereocenters. The van der Waals surface area contributed by atoms with Crippen LogP contribution in [-0.4, -0.2) is 47.0 Å². The molecule has 0 saturated carbocycles. The van der Waals surface area contributed by atoms with Crippen molar-refractivity contribution in [1.82, 2.24) is 4.90 Å². The van der Waals surface area contributed by atoms with Gasteiger partial charge < -0.3 is 15.2 Å². The molecule has 1 aromatic carbocycles. The summed E-state index contributed by atoms with van der Waals surface area (Å²) in [5, 5.41) is 0. The fourth-order valence-electron chi connectivity index (χ4n) is 2.09. The number of nitrogens with zero attached hydrogens (tertiary/aromatic N) is 1. The van der Waals surface area contributed by atoms with Gasteiger partial charge in [0.05, 0.1) is 0 Å². The predicted molar refractivity (Wildman–Crippen MR) is 109 cm³/mol. The van der Waals surface area contributed by atoms with Crippen molar-refractivity contribution in [2.24, 2.45) is 5.73 Å². The minimum atomic E-state index is -0.630. The number of ether oxygens (including phenoxy) is 2. The molecule has 1 rings (SSSR count). The molecule has 0 atom stereocenters. The Bertz CT molecular complexity index is 618. The van der Waals surface area contributed by atoms with Gasteiger partial charge in [-0.25, -0.2) is 4.79 Å². The van der Waals surface area contributed by atoms with Crippen molar-refractivity contribution in [2.75, 3.05) is 18.8 Å². The topological polar surface area (TPSA) is 81.9 Å². The lowest BCUT2D eigenvalue weighted by Gasteiger charge is -2.28. The molecule has 27 heavy (non-hydrogen) atoms. The highest BCUT2D eigenvalue weighted by molar-refractivity contribution is 7.99. The molecule has 0 aromatic heterocycles. The van der Waals surface area contributed by atoms with Crippen molar-refractivity contribution in [3.8, 4) is 0 Å². The van der Waals surface area contributed by atoms with Gasteiger partial charge in [-0.2, -0.15) is 0 Å². The maximum Gasteiger partial charge on any atom is 0.410 e. The molecule has 2 N–H and O–H groups in total. The predicted octanol–water partition coefficient (Wildman–Crippen LogP) is 3.82. The number of nitrogens with two attached hydrogens (primary N) is 1. The summed E-state index contributed by atoms with van der Waals surface area (Å²) < 4.78 is 10.8. The van der Waals surface area contributed by atoms with Gasteiger partial charge in [0.2, 0.25) is 0 Å². The molecule has 0 saturated heterocycles. The lowest BCUT2D eigenvalue weighted by molar-refractivity contribution is -0.155. The lowest BCUT2D eigenvalue weighted by Crippen LogP contribution is -2.42. The van der Waals surface area contributed by atoms with Crippen LogP contribution >= 0.6 is 11.8 Å². The van der Waals surface area contributed by atoms with Gasteiger partial charge in [-0.15, -0.1) is 11.8 Å². The second kappa shape index (κ2) is 9.99. The van der Waals surface area contributed by atoms with Crippen molar-refractivity contribution in [3.05, 3.63) is 29.8 Å². The molecule has 0 fully saturated rings. The summed E-state index contributed by atoms with van der Waals surface area (Å²) in [6, 6.07) is 7.96. The quantitative estimate of drug-likeness (QED) is 0.557. The molecule has 0 spiro atoms. The molecule has 0 bridgehead atoms. The SMILES string of the molecule is CC(C)(C)OC(=O)CN(CCSc1ccc(CN)cc1)C(=O)OC(C)(C)C. The molecule has 0 aliphatic rings. The van der Waals surface area contributed by atoms with Gasteiger partial charge in [-0.1, -0.05) is 12.1 Å². The molecular formula is C20H32N2O4S. The zero-order chi connectivity index (χ0) is 20.7. The van der Waals surface area contributed by atoms with Crippen LogP contribution in [-0.2, 0) is 20.8 Å². The Kier molecular flexibility index (Phi) is 8.62. The molecule has 1 amide bonds. The summed E-state index contributed by atoms with van der Waals surface area (Å²) in [4.78, 5) is 27.1. The van der Waals surface area contributed by atoms with Gasteiger partial charge in [0.15, 0.2) is 0 Å². The number of thioether (sulfide) groups is 1. The molecule has 0 aliphatic carbocycles. The summed E-state index contributed by atoms with van der Waals surface area (Å²) in [5.74, 6) is 0.176. The third kappa shape index (κ3) is 10.2. The van der Waals surface area contributed by atoms with E-state index in [-0.39, 0.29) is 6.54 Å². The molecule has 0 heterocycles. The highest BCUT2D eigenvalue weighted by Gasteiger charge is 2.26. The fraction of sp³-hybridized carbons (Fsp3) is 0.600. The Balaban J connectivity index is 2.68. The zero-order valence-corrected chi connectivity index (χ0v) is 18.0. The molecule has 6 nitrogen and oxygen atoms in total. The van der Waals surface area contributed by atoms with Gasteiger partial charge in [-0.3, -0.25) is 9.69 Å². The maximum absolute atomic E-state index is 12.5. The number of carbonyl (C=O) groups excluding carboxylic acids is 2. The van der Waals surface area contributed by atoms with Crippen LogP contribution in [0.25, 0.3) is 0 Å². The number of benzene rings is 1. The second-order valence-electron chi connectivity index (χ2n) is 8.18. The summed E-state index contributed by atoms with van der Waals surface area (Å²) in [6.45, 7) is 11.5. The molecule has 152 valence electrons. The van der Waals surface area contributed by atoms with E-state index in [1.165, 1.54) is 4.90 Å². The van der Waals surface area contributed by atoms with Gasteiger partial charge in [0.25, 0.3) is 0 Å². The van der Waals surface area contributed by atoms with Gasteiger partial charge in [-0.05, 0) is 59.2 Å². The van der Waals surface area contributed by atoms with Crippen LogP contribution in [0.5, 0.6) is 0 Å². The van der Waals surface area contributed by atoms with E-state index < -0.39 is 23.3 Å². The van der Waals surface area contributed by atoms with E-state index in [2.05, 4.69) is 0 Å². The highest BCUT2D eigenvalue weighted by Crippen LogP contribution is 2.19. The first-order valence-electron chi connectivity index (χ1n) is 9.01. The monoisotopic (exact) mass is 396 g/mol. The van der Waals surface area contributed by atoms with E-state index in [1.807, 2.05) is 24.3 Å². The van der Waals surface area contributed by atoms with Crippen LogP contribution in [0.4, 0.5) is 4.79 Å². The van der Waals surface area contributed by atoms with Crippen LogP contribution in [0.3, 0.4) is 0 Å². The molecule has 1 aromatic rings. The second-order valence-corrected chi connectivity index (χ2v) is 9.35. The average molecular weight is 397 g/mol. The number of amides is 1. The largest absolute Gasteiger partial charge is 0.459 e. The Hall–Kier alpha value is -1.73. The van der Waals surface area contributed by atoms with Crippen LogP contribution in [0.15, 0.2) is 29.2 Å². The van der Waals surface area contributed by atoms with Crippen LogP contribution < -0.4 is 5.73 Å². The van der Waals surface area contributed by atoms with E-state index in [0.29, 0.717) is 18.8 Å². The van der Waals surface area contributed by atoms with Crippen LogP contribution in [0, 0.1) is 0 Å². The Morgan fingerprint density at radius 2 is 1.56 bits per heavy atom. The fourth-order valence-corrected chi connectivity index (χ4v) is 2.96. The first kappa shape index (κ1) is 23.3. The Labute approximate surface area is 166 Å². The number of hydrogen-bond donors (Lipinski definition) is 1. The van der Waals surface area contributed by atoms with Gasteiger partial charge in [0.1, 0.15) is 17.7 Å².